The Morgan fingerprint density at radius 3 is 1.61 bits per heavy atom. The number of aromatic nitrogens is 2. The first-order chi connectivity index (χ1) is 17.0. The van der Waals surface area contributed by atoms with Crippen molar-refractivity contribution in [2.45, 2.75) is 38.0 Å². The highest BCUT2D eigenvalue weighted by Crippen LogP contribution is 2.37. The lowest BCUT2D eigenvalue weighted by atomic mass is 10.1. The van der Waals surface area contributed by atoms with E-state index >= 15 is 0 Å². The number of piperazine rings is 1. The maximum absolute atomic E-state index is 13.1. The summed E-state index contributed by atoms with van der Waals surface area (Å²) in [7, 11) is 0. The molecule has 0 atom stereocenters. The van der Waals surface area contributed by atoms with Gasteiger partial charge in [-0.05, 0) is 43.2 Å². The zero-order valence-electron chi connectivity index (χ0n) is 19.4. The molecule has 0 unspecified atom stereocenters. The Morgan fingerprint density at radius 2 is 1.17 bits per heavy atom. The van der Waals surface area contributed by atoms with Gasteiger partial charge in [-0.15, -0.1) is 10.2 Å². The predicted octanol–water partition coefficient (Wildman–Crippen LogP) is 5.25. The smallest absolute Gasteiger partial charge is 0.355 e. The van der Waals surface area contributed by atoms with E-state index in [1.54, 1.807) is 0 Å². The van der Waals surface area contributed by atoms with E-state index in [9.17, 15) is 31.1 Å². The van der Waals surface area contributed by atoms with Crippen LogP contribution in [0.25, 0.3) is 0 Å². The van der Waals surface area contributed by atoms with Crippen LogP contribution in [0.2, 0.25) is 0 Å². The van der Waals surface area contributed by atoms with Crippen LogP contribution in [-0.4, -0.2) is 60.4 Å². The van der Waals surface area contributed by atoms with Gasteiger partial charge < -0.3 is 20.0 Å². The van der Waals surface area contributed by atoms with E-state index in [1.165, 1.54) is 17.7 Å². The SMILES string of the molecule is O=C(Nc1cc(C(F)(F)F)cc(C(F)(F)F)c1)N1CCN(c2ccc(N3CCCCCC3)nn2)CC1. The van der Waals surface area contributed by atoms with E-state index in [4.69, 9.17) is 0 Å². The minimum Gasteiger partial charge on any atom is -0.355 e. The first-order valence-electron chi connectivity index (χ1n) is 11.7. The largest absolute Gasteiger partial charge is 0.416 e. The predicted molar refractivity (Wildman–Crippen MR) is 122 cm³/mol. The van der Waals surface area contributed by atoms with Crippen LogP contribution in [0.15, 0.2) is 30.3 Å². The molecule has 1 aromatic carbocycles. The second kappa shape index (κ2) is 10.4. The number of nitrogens with zero attached hydrogens (tertiary/aromatic N) is 5. The summed E-state index contributed by atoms with van der Waals surface area (Å²) in [5.41, 5.74) is -3.54. The number of carbonyl (C=O) groups excluding carboxylic acids is 1. The van der Waals surface area contributed by atoms with Crippen molar-refractivity contribution < 1.29 is 31.1 Å². The Hall–Kier alpha value is -3.25. The molecule has 2 aliphatic rings. The molecule has 13 heteroatoms. The standard InChI is InChI=1S/C23H26F6N6O/c24-22(25,26)16-13-17(23(27,28)29)15-18(14-16)30-21(36)35-11-9-34(10-12-35)20-6-5-19(31-32-20)33-7-3-1-2-4-8-33/h5-6,13-15H,1-4,7-12H2,(H,30,36). The lowest BCUT2D eigenvalue weighted by Crippen LogP contribution is -2.50. The van der Waals surface area contributed by atoms with E-state index < -0.39 is 35.2 Å². The summed E-state index contributed by atoms with van der Waals surface area (Å²) >= 11 is 0. The highest BCUT2D eigenvalue weighted by Gasteiger charge is 2.37. The van der Waals surface area contributed by atoms with Gasteiger partial charge in [-0.25, -0.2) is 4.79 Å². The highest BCUT2D eigenvalue weighted by molar-refractivity contribution is 5.89. The van der Waals surface area contributed by atoms with Crippen LogP contribution in [-0.2, 0) is 12.4 Å². The van der Waals surface area contributed by atoms with Crippen LogP contribution < -0.4 is 15.1 Å². The van der Waals surface area contributed by atoms with Crippen LogP contribution >= 0.6 is 0 Å². The van der Waals surface area contributed by atoms with Gasteiger partial charge in [0.2, 0.25) is 0 Å². The number of carbonyl (C=O) groups is 1. The molecule has 2 fully saturated rings. The molecular formula is C23H26F6N6O. The van der Waals surface area contributed by atoms with Gasteiger partial charge in [0.15, 0.2) is 11.6 Å². The zero-order chi connectivity index (χ0) is 25.9. The lowest BCUT2D eigenvalue weighted by molar-refractivity contribution is -0.143. The molecule has 0 bridgehead atoms. The summed E-state index contributed by atoms with van der Waals surface area (Å²) in [6, 6.07) is 4.01. The van der Waals surface area contributed by atoms with Crippen molar-refractivity contribution in [3.05, 3.63) is 41.5 Å². The average molecular weight is 516 g/mol. The van der Waals surface area contributed by atoms with Crippen LogP contribution in [0.1, 0.15) is 36.8 Å². The molecule has 2 aliphatic heterocycles. The molecular weight excluding hydrogens is 490 g/mol. The lowest BCUT2D eigenvalue weighted by Gasteiger charge is -2.35. The minimum atomic E-state index is -4.99. The molecule has 4 rings (SSSR count). The maximum atomic E-state index is 13.1. The molecule has 1 N–H and O–H groups in total. The molecule has 3 heterocycles. The first-order valence-corrected chi connectivity index (χ1v) is 11.7. The fourth-order valence-electron chi connectivity index (χ4n) is 4.32. The van der Waals surface area contributed by atoms with E-state index in [2.05, 4.69) is 20.4 Å². The number of amides is 2. The summed E-state index contributed by atoms with van der Waals surface area (Å²) < 4.78 is 78.4. The number of rotatable bonds is 3. The fourth-order valence-corrected chi connectivity index (χ4v) is 4.32. The fraction of sp³-hybridized carbons (Fsp3) is 0.522. The highest BCUT2D eigenvalue weighted by atomic mass is 19.4. The number of nitrogens with one attached hydrogen (secondary N) is 1. The Balaban J connectivity index is 1.36. The third-order valence-corrected chi connectivity index (χ3v) is 6.30. The van der Waals surface area contributed by atoms with Crippen molar-refractivity contribution in [1.82, 2.24) is 15.1 Å². The number of hydrogen-bond donors (Lipinski definition) is 1. The van der Waals surface area contributed by atoms with Gasteiger partial charge in [0, 0.05) is 45.0 Å². The number of urea groups is 1. The summed E-state index contributed by atoms with van der Waals surface area (Å²) in [5.74, 6) is 1.46. The normalized spacial score (nSPS) is 17.7. The van der Waals surface area contributed by atoms with Crippen molar-refractivity contribution in [2.75, 3.05) is 54.4 Å². The molecule has 36 heavy (non-hydrogen) atoms. The van der Waals surface area contributed by atoms with Gasteiger partial charge >= 0.3 is 18.4 Å². The van der Waals surface area contributed by atoms with Crippen molar-refractivity contribution in [3.8, 4) is 0 Å². The zero-order valence-corrected chi connectivity index (χ0v) is 19.4. The third kappa shape index (κ3) is 6.30. The summed E-state index contributed by atoms with van der Waals surface area (Å²) in [5, 5.41) is 10.8. The number of alkyl halides is 6. The maximum Gasteiger partial charge on any atom is 0.416 e. The Labute approximate surface area is 204 Å². The molecule has 0 radical (unpaired) electrons. The molecule has 2 amide bonds. The van der Waals surface area contributed by atoms with E-state index in [-0.39, 0.29) is 19.2 Å². The Morgan fingerprint density at radius 1 is 0.694 bits per heavy atom. The van der Waals surface area contributed by atoms with Crippen molar-refractivity contribution in [3.63, 3.8) is 0 Å². The second-order valence-electron chi connectivity index (χ2n) is 8.85. The van der Waals surface area contributed by atoms with Crippen LogP contribution in [0.5, 0.6) is 0 Å². The van der Waals surface area contributed by atoms with Crippen LogP contribution in [0, 0.1) is 0 Å². The number of anilines is 3. The van der Waals surface area contributed by atoms with Crippen LogP contribution in [0.3, 0.4) is 0 Å². The molecule has 0 aliphatic carbocycles. The molecule has 2 saturated heterocycles. The number of halogens is 6. The monoisotopic (exact) mass is 516 g/mol. The molecule has 2 aromatic rings. The number of hydrogen-bond acceptors (Lipinski definition) is 5. The summed E-state index contributed by atoms with van der Waals surface area (Å²) in [6.07, 6.45) is -5.34. The summed E-state index contributed by atoms with van der Waals surface area (Å²) in [4.78, 5) is 18.1. The number of benzene rings is 1. The van der Waals surface area contributed by atoms with Crippen molar-refractivity contribution >= 4 is 23.4 Å². The van der Waals surface area contributed by atoms with Gasteiger partial charge in [-0.2, -0.15) is 26.3 Å². The van der Waals surface area contributed by atoms with Gasteiger partial charge in [-0.3, -0.25) is 0 Å². The van der Waals surface area contributed by atoms with Gasteiger partial charge in [-0.1, -0.05) is 12.8 Å². The van der Waals surface area contributed by atoms with E-state index in [1.807, 2.05) is 17.0 Å². The first kappa shape index (κ1) is 25.8. The second-order valence-corrected chi connectivity index (χ2v) is 8.85. The van der Waals surface area contributed by atoms with E-state index in [0.29, 0.717) is 31.0 Å². The summed E-state index contributed by atoms with van der Waals surface area (Å²) in [6.45, 7) is 3.10. The van der Waals surface area contributed by atoms with Gasteiger partial charge in [0.25, 0.3) is 0 Å². The van der Waals surface area contributed by atoms with E-state index in [0.717, 1.165) is 31.7 Å². The molecule has 7 nitrogen and oxygen atoms in total. The molecule has 196 valence electrons. The topological polar surface area (TPSA) is 64.6 Å². The minimum absolute atomic E-state index is 0.0214. The third-order valence-electron chi connectivity index (χ3n) is 6.30. The average Bonchev–Trinajstić information content (AvgIpc) is 3.13. The van der Waals surface area contributed by atoms with Crippen molar-refractivity contribution in [1.29, 1.82) is 0 Å². The molecule has 0 spiro atoms. The van der Waals surface area contributed by atoms with Gasteiger partial charge in [0.1, 0.15) is 0 Å². The van der Waals surface area contributed by atoms with Gasteiger partial charge in [0.05, 0.1) is 11.1 Å². The molecule has 1 aromatic heterocycles. The molecule has 0 saturated carbocycles. The van der Waals surface area contributed by atoms with Crippen LogP contribution in [0.4, 0.5) is 48.5 Å². The Kier molecular flexibility index (Phi) is 7.46. The Bertz CT molecular complexity index is 1010. The van der Waals surface area contributed by atoms with Crippen molar-refractivity contribution in [2.24, 2.45) is 0 Å². The quantitative estimate of drug-likeness (QED) is 0.565.